The molecule has 3 heterocycles. The summed E-state index contributed by atoms with van der Waals surface area (Å²) in [4.78, 5) is 18.5. The van der Waals surface area contributed by atoms with Crippen molar-refractivity contribution in [3.05, 3.63) is 100 Å². The summed E-state index contributed by atoms with van der Waals surface area (Å²) in [6, 6.07) is 23.1. The second-order valence-electron chi connectivity index (χ2n) is 17.3. The van der Waals surface area contributed by atoms with Crippen LogP contribution in [0.1, 0.15) is 123 Å². The van der Waals surface area contributed by atoms with Crippen LogP contribution in [-0.4, -0.2) is 15.9 Å². The zero-order valence-corrected chi connectivity index (χ0v) is 39.1. The number of benzene rings is 3. The van der Waals surface area contributed by atoms with E-state index < -0.39 is 0 Å². The minimum absolute atomic E-state index is 0. The first-order valence-electron chi connectivity index (χ1n) is 20.2. The number of fused-ring (bicyclic) bond motifs is 3. The van der Waals surface area contributed by atoms with Crippen molar-refractivity contribution in [2.45, 2.75) is 128 Å². The number of aliphatic hydroxyl groups excluding tert-OH is 1. The molecule has 0 atom stereocenters. The zero-order valence-electron chi connectivity index (χ0n) is 35.9. The quantitative estimate of drug-likeness (QED) is 0.0798. The second-order valence-corrected chi connectivity index (χ2v) is 18.6. The van der Waals surface area contributed by atoms with Gasteiger partial charge in [0.25, 0.3) is 0 Å². The van der Waals surface area contributed by atoms with Gasteiger partial charge in [-0.1, -0.05) is 117 Å². The van der Waals surface area contributed by atoms with Gasteiger partial charge in [0.2, 0.25) is 0 Å². The fraction of sp³-hybridized carbons (Fsp3) is 0.440. The molecule has 0 saturated heterocycles. The number of allylic oxidation sites excluding steroid dienone is 2. The molecule has 0 aliphatic heterocycles. The van der Waals surface area contributed by atoms with Gasteiger partial charge in [-0.25, -0.2) is 0 Å². The number of furan rings is 1. The number of aliphatic hydroxyl groups is 1. The Morgan fingerprint density at radius 3 is 2.12 bits per heavy atom. The van der Waals surface area contributed by atoms with Crippen LogP contribution >= 0.6 is 11.3 Å². The fourth-order valence-electron chi connectivity index (χ4n) is 7.44. The molecule has 0 aliphatic carbocycles. The molecule has 0 amide bonds. The summed E-state index contributed by atoms with van der Waals surface area (Å²) in [5.41, 5.74) is 7.28. The summed E-state index contributed by atoms with van der Waals surface area (Å²) in [6.07, 6.45) is 7.71. The Morgan fingerprint density at radius 2 is 1.52 bits per heavy atom. The number of thiophene rings is 1. The minimum Gasteiger partial charge on any atom is -0.512 e. The van der Waals surface area contributed by atoms with Gasteiger partial charge in [-0.15, -0.1) is 40.5 Å². The van der Waals surface area contributed by atoms with E-state index in [0.717, 1.165) is 71.0 Å². The monoisotopic (exact) mass is 949 g/mol. The van der Waals surface area contributed by atoms with E-state index in [2.05, 4.69) is 103 Å². The van der Waals surface area contributed by atoms with Gasteiger partial charge in [-0.3, -0.25) is 9.78 Å². The van der Waals surface area contributed by atoms with Crippen molar-refractivity contribution in [3.8, 4) is 22.6 Å². The van der Waals surface area contributed by atoms with Gasteiger partial charge in [0.1, 0.15) is 17.1 Å². The molecule has 0 saturated carbocycles. The average Bonchev–Trinajstić information content (AvgIpc) is 3.68. The molecule has 6 heteroatoms. The predicted molar refractivity (Wildman–Crippen MR) is 236 cm³/mol. The molecule has 6 aromatic rings. The molecule has 4 nitrogen and oxygen atoms in total. The summed E-state index contributed by atoms with van der Waals surface area (Å²) in [6.45, 7) is 27.9. The molecule has 301 valence electrons. The Balaban J connectivity index is 0.000000330. The van der Waals surface area contributed by atoms with E-state index in [9.17, 15) is 9.90 Å². The van der Waals surface area contributed by atoms with Crippen molar-refractivity contribution in [2.24, 2.45) is 16.7 Å². The normalized spacial score (nSPS) is 12.6. The van der Waals surface area contributed by atoms with Crippen molar-refractivity contribution in [1.82, 2.24) is 4.98 Å². The number of carbonyl (C=O) groups is 1. The molecule has 0 unspecified atom stereocenters. The summed E-state index contributed by atoms with van der Waals surface area (Å²) in [7, 11) is 0. The Hall–Kier alpha value is -3.57. The summed E-state index contributed by atoms with van der Waals surface area (Å²) < 4.78 is 7.93. The largest absolute Gasteiger partial charge is 0.512 e. The number of pyridine rings is 1. The van der Waals surface area contributed by atoms with Gasteiger partial charge in [0, 0.05) is 69.4 Å². The van der Waals surface area contributed by atoms with Gasteiger partial charge in [-0.05, 0) is 85.9 Å². The van der Waals surface area contributed by atoms with E-state index in [1.807, 2.05) is 65.1 Å². The standard InChI is InChI=1S/C35H34NOS.C15H28O2.Ir/c1-20(2)17-28-22(4)38-34-26(28)13-10-14-27(34)33-21(3)31-30(37-33)15-16-36-32(31)24-18-23-11-8-9-12-25(23)29(19-24)35(5,6)7;1-7-14(5,8-2)12(16)11-13(17)15(6,9-3)10-4;/h8-16,19-20H,17H2,1-7H3;11,16H,7-10H2,1-6H3;/q-1;;/b;12-11-;. The number of hydrogen-bond acceptors (Lipinski definition) is 5. The van der Waals surface area contributed by atoms with Gasteiger partial charge in [-0.2, -0.15) is 0 Å². The Morgan fingerprint density at radius 1 is 0.893 bits per heavy atom. The van der Waals surface area contributed by atoms with Crippen LogP contribution in [0.4, 0.5) is 0 Å². The van der Waals surface area contributed by atoms with Crippen LogP contribution in [0.25, 0.3) is 54.4 Å². The van der Waals surface area contributed by atoms with Crippen LogP contribution in [0.2, 0.25) is 0 Å². The third kappa shape index (κ3) is 8.94. The molecular weight excluding hydrogens is 887 g/mol. The van der Waals surface area contributed by atoms with Crippen LogP contribution in [-0.2, 0) is 36.7 Å². The first kappa shape index (κ1) is 45.1. The number of nitrogens with zero attached hydrogens (tertiary/aromatic N) is 1. The van der Waals surface area contributed by atoms with E-state index in [0.29, 0.717) is 5.92 Å². The molecule has 0 aliphatic rings. The van der Waals surface area contributed by atoms with Gasteiger partial charge in [0.05, 0.1) is 0 Å². The summed E-state index contributed by atoms with van der Waals surface area (Å²) in [5, 5.41) is 14.9. The van der Waals surface area contributed by atoms with E-state index >= 15 is 0 Å². The van der Waals surface area contributed by atoms with Crippen molar-refractivity contribution < 1.29 is 34.4 Å². The maximum atomic E-state index is 12.2. The minimum atomic E-state index is -0.337. The van der Waals surface area contributed by atoms with Crippen molar-refractivity contribution in [1.29, 1.82) is 0 Å². The van der Waals surface area contributed by atoms with Crippen LogP contribution in [0.5, 0.6) is 0 Å². The third-order valence-corrected chi connectivity index (χ3v) is 13.4. The third-order valence-electron chi connectivity index (χ3n) is 12.2. The van der Waals surface area contributed by atoms with E-state index in [4.69, 9.17) is 9.40 Å². The van der Waals surface area contributed by atoms with Crippen LogP contribution < -0.4 is 0 Å². The number of aryl methyl sites for hydroxylation is 2. The van der Waals surface area contributed by atoms with Crippen LogP contribution in [0.15, 0.2) is 77.0 Å². The molecule has 3 aromatic carbocycles. The number of aromatic nitrogens is 1. The fourth-order valence-corrected chi connectivity index (χ4v) is 8.64. The maximum Gasteiger partial charge on any atom is 0.164 e. The van der Waals surface area contributed by atoms with Crippen LogP contribution in [0.3, 0.4) is 0 Å². The second kappa shape index (κ2) is 17.9. The molecule has 1 N–H and O–H groups in total. The molecule has 3 aromatic heterocycles. The van der Waals surface area contributed by atoms with E-state index in [1.165, 1.54) is 43.1 Å². The first-order valence-corrected chi connectivity index (χ1v) is 21.0. The molecule has 56 heavy (non-hydrogen) atoms. The van der Waals surface area contributed by atoms with E-state index in [1.54, 1.807) is 0 Å². The number of rotatable bonds is 11. The zero-order chi connectivity index (χ0) is 40.5. The molecule has 6 rings (SSSR count). The molecule has 1 radical (unpaired) electrons. The number of carbonyl (C=O) groups excluding carboxylic acids is 1. The predicted octanol–water partition coefficient (Wildman–Crippen LogP) is 15.1. The first-order chi connectivity index (χ1) is 25.9. The number of ketones is 1. The van der Waals surface area contributed by atoms with Crippen LogP contribution in [0, 0.1) is 36.7 Å². The molecule has 0 bridgehead atoms. The van der Waals surface area contributed by atoms with Crippen molar-refractivity contribution in [3.63, 3.8) is 0 Å². The van der Waals surface area contributed by atoms with Gasteiger partial charge < -0.3 is 9.52 Å². The topological polar surface area (TPSA) is 63.3 Å². The van der Waals surface area contributed by atoms with Gasteiger partial charge >= 0.3 is 0 Å². The SMILES string of the molecule is CCC(C)(CC)C(=O)/C=C(\O)C(C)(CC)CC.Cc1sc2c(-c3oc4ccnc(-c5[c-]c6ccccc6c(C(C)(C)C)c5)c4c3C)cccc2c1CC(C)C.[Ir]. The summed E-state index contributed by atoms with van der Waals surface area (Å²) >= 11 is 1.89. The Labute approximate surface area is 353 Å². The van der Waals surface area contributed by atoms with Crippen molar-refractivity contribution >= 4 is 48.9 Å². The van der Waals surface area contributed by atoms with Gasteiger partial charge in [0.15, 0.2) is 5.78 Å². The van der Waals surface area contributed by atoms with E-state index in [-0.39, 0.29) is 47.9 Å². The molecule has 0 spiro atoms. The van der Waals surface area contributed by atoms with Crippen molar-refractivity contribution in [2.75, 3.05) is 0 Å². The number of hydrogen-bond donors (Lipinski definition) is 1. The summed E-state index contributed by atoms with van der Waals surface area (Å²) in [5.74, 6) is 1.84. The maximum absolute atomic E-state index is 12.2. The average molecular weight is 949 g/mol. The molecular formula is C50H62IrNO3S-. The Bertz CT molecular complexity index is 2340. The Kier molecular flexibility index (Phi) is 14.4. The smallest absolute Gasteiger partial charge is 0.164 e. The molecule has 0 fully saturated rings.